The number of carbonyl (C=O) groups excluding carboxylic acids is 1. The molecule has 0 aromatic carbocycles. The van der Waals surface area contributed by atoms with Gasteiger partial charge in [0.25, 0.3) is 0 Å². The van der Waals surface area contributed by atoms with Crippen LogP contribution in [-0.4, -0.2) is 29.4 Å². The van der Waals surface area contributed by atoms with Crippen molar-refractivity contribution in [3.8, 4) is 0 Å². The average Bonchev–Trinajstić information content (AvgIpc) is 2.75. The molecule has 1 heterocycles. The van der Waals surface area contributed by atoms with E-state index in [9.17, 15) is 4.79 Å². The van der Waals surface area contributed by atoms with Gasteiger partial charge in [-0.1, -0.05) is 27.2 Å². The van der Waals surface area contributed by atoms with Gasteiger partial charge in [-0.2, -0.15) is 0 Å². The number of ether oxygens (including phenoxy) is 2. The second-order valence-electron chi connectivity index (χ2n) is 6.41. The lowest BCUT2D eigenvalue weighted by Gasteiger charge is -2.37. The number of hydrogen-bond donors (Lipinski definition) is 0. The van der Waals surface area contributed by atoms with Crippen LogP contribution >= 0.6 is 11.8 Å². The molecule has 0 amide bonds. The van der Waals surface area contributed by atoms with Gasteiger partial charge < -0.3 is 9.47 Å². The zero-order valence-electron chi connectivity index (χ0n) is 12.4. The van der Waals surface area contributed by atoms with E-state index < -0.39 is 5.44 Å². The molecule has 1 saturated carbocycles. The maximum Gasteiger partial charge on any atom is 0.346 e. The molecule has 0 aromatic rings. The highest BCUT2D eigenvalue weighted by Gasteiger charge is 2.37. The monoisotopic (exact) mass is 286 g/mol. The Morgan fingerprint density at radius 1 is 1.32 bits per heavy atom. The van der Waals surface area contributed by atoms with Gasteiger partial charge in [0, 0.05) is 5.75 Å². The van der Waals surface area contributed by atoms with Gasteiger partial charge in [0.2, 0.25) is 5.44 Å². The maximum atomic E-state index is 12.2. The molecule has 110 valence electrons. The van der Waals surface area contributed by atoms with Gasteiger partial charge >= 0.3 is 5.97 Å². The molecule has 1 aliphatic carbocycles. The van der Waals surface area contributed by atoms with Gasteiger partial charge in [-0.25, -0.2) is 4.79 Å². The fraction of sp³-hybridized carbons (Fsp3) is 0.933. The molecule has 1 saturated heterocycles. The molecule has 2 fully saturated rings. The predicted molar refractivity (Wildman–Crippen MR) is 78.0 cm³/mol. The third kappa shape index (κ3) is 3.88. The van der Waals surface area contributed by atoms with Gasteiger partial charge in [0.1, 0.15) is 6.10 Å². The Hall–Kier alpha value is -0.220. The van der Waals surface area contributed by atoms with Gasteiger partial charge in [0.15, 0.2) is 0 Å². The van der Waals surface area contributed by atoms with E-state index in [0.29, 0.717) is 17.8 Å². The number of thioether (sulfide) groups is 1. The Bertz CT molecular complexity index is 319. The van der Waals surface area contributed by atoms with Crippen molar-refractivity contribution in [2.45, 2.75) is 64.6 Å². The summed E-state index contributed by atoms with van der Waals surface area (Å²) in [5.74, 6) is 2.45. The molecule has 19 heavy (non-hydrogen) atoms. The van der Waals surface area contributed by atoms with Crippen molar-refractivity contribution in [3.05, 3.63) is 0 Å². The van der Waals surface area contributed by atoms with Crippen molar-refractivity contribution in [1.82, 2.24) is 0 Å². The van der Waals surface area contributed by atoms with Crippen molar-refractivity contribution in [3.63, 3.8) is 0 Å². The summed E-state index contributed by atoms with van der Waals surface area (Å²) in [5.41, 5.74) is -0.403. The van der Waals surface area contributed by atoms with Crippen LogP contribution in [0.2, 0.25) is 0 Å². The van der Waals surface area contributed by atoms with E-state index in [1.165, 1.54) is 12.8 Å². The molecule has 3 nitrogen and oxygen atoms in total. The zero-order valence-corrected chi connectivity index (χ0v) is 13.2. The Morgan fingerprint density at radius 2 is 2.05 bits per heavy atom. The Kier molecular flexibility index (Phi) is 5.18. The fourth-order valence-electron chi connectivity index (χ4n) is 3.09. The van der Waals surface area contributed by atoms with Crippen LogP contribution in [-0.2, 0) is 14.3 Å². The lowest BCUT2D eigenvalue weighted by Crippen LogP contribution is -2.38. The second-order valence-corrected chi connectivity index (χ2v) is 7.51. The summed E-state index contributed by atoms with van der Waals surface area (Å²) >= 11 is 1.56. The highest BCUT2D eigenvalue weighted by molar-refractivity contribution is 8.00. The summed E-state index contributed by atoms with van der Waals surface area (Å²) in [6, 6.07) is 0. The zero-order chi connectivity index (χ0) is 14.0. The van der Waals surface area contributed by atoms with Crippen LogP contribution in [0.1, 0.15) is 47.0 Å². The summed E-state index contributed by atoms with van der Waals surface area (Å²) in [5, 5.41) is 0. The molecule has 0 aromatic heterocycles. The van der Waals surface area contributed by atoms with Crippen LogP contribution in [0.4, 0.5) is 0 Å². The highest BCUT2D eigenvalue weighted by atomic mass is 32.2. The first-order valence-corrected chi connectivity index (χ1v) is 8.49. The Labute approximate surface area is 120 Å². The molecule has 2 rings (SSSR count). The van der Waals surface area contributed by atoms with Crippen LogP contribution in [0.3, 0.4) is 0 Å². The molecule has 1 aliphatic heterocycles. The minimum absolute atomic E-state index is 0.0800. The largest absolute Gasteiger partial charge is 0.459 e. The summed E-state index contributed by atoms with van der Waals surface area (Å²) in [6.07, 6.45) is 3.67. The van der Waals surface area contributed by atoms with Crippen molar-refractivity contribution < 1.29 is 14.3 Å². The first-order chi connectivity index (χ1) is 8.97. The first-order valence-electron chi connectivity index (χ1n) is 7.45. The maximum absolute atomic E-state index is 12.2. The van der Waals surface area contributed by atoms with E-state index in [0.717, 1.165) is 12.2 Å². The fourth-order valence-corrected chi connectivity index (χ4v) is 4.08. The van der Waals surface area contributed by atoms with E-state index in [4.69, 9.17) is 9.47 Å². The Balaban J connectivity index is 1.92. The lowest BCUT2D eigenvalue weighted by atomic mass is 9.75. The topological polar surface area (TPSA) is 35.5 Å². The number of rotatable bonds is 3. The summed E-state index contributed by atoms with van der Waals surface area (Å²) in [6.45, 7) is 8.70. The van der Waals surface area contributed by atoms with Gasteiger partial charge in [-0.3, -0.25) is 0 Å². The molecule has 4 heteroatoms. The average molecular weight is 286 g/mol. The predicted octanol–water partition coefficient (Wildman–Crippen LogP) is 3.47. The van der Waals surface area contributed by atoms with Crippen LogP contribution < -0.4 is 0 Å². The minimum Gasteiger partial charge on any atom is -0.459 e. The normalized spacial score (nSPS) is 39.5. The molecule has 1 unspecified atom stereocenters. The molecule has 0 spiro atoms. The van der Waals surface area contributed by atoms with Crippen molar-refractivity contribution in [1.29, 1.82) is 0 Å². The van der Waals surface area contributed by atoms with Crippen molar-refractivity contribution >= 4 is 17.7 Å². The summed E-state index contributed by atoms with van der Waals surface area (Å²) in [7, 11) is 0. The summed E-state index contributed by atoms with van der Waals surface area (Å²) in [4.78, 5) is 12.2. The van der Waals surface area contributed by atoms with Crippen LogP contribution in [0.5, 0.6) is 0 Å². The molecule has 0 radical (unpaired) electrons. The van der Waals surface area contributed by atoms with Crippen molar-refractivity contribution in [2.75, 3.05) is 5.75 Å². The number of carbonyl (C=O) groups is 1. The quantitative estimate of drug-likeness (QED) is 0.744. The highest BCUT2D eigenvalue weighted by Crippen LogP contribution is 2.36. The standard InChI is InChI=1S/C15H26O3S/c1-9(2)12-6-5-10(3)7-13(12)18-14(16)15-17-11(4)8-19-15/h9-13,15H,5-8H2,1-4H3/t10-,11?,12+,13-,15-/m1/s1. The SMILES string of the molecule is CC1CS[C@H](C(=O)O[C@@H]2C[C@H](C)CC[C@H]2C(C)C)O1. The van der Waals surface area contributed by atoms with Gasteiger partial charge in [-0.15, -0.1) is 11.8 Å². The van der Waals surface area contributed by atoms with Gasteiger partial charge in [-0.05, 0) is 37.5 Å². The number of hydrogen-bond acceptors (Lipinski definition) is 4. The van der Waals surface area contributed by atoms with Crippen LogP contribution in [0, 0.1) is 17.8 Å². The van der Waals surface area contributed by atoms with E-state index in [-0.39, 0.29) is 18.2 Å². The molecule has 2 aliphatic rings. The molecular weight excluding hydrogens is 260 g/mol. The van der Waals surface area contributed by atoms with Crippen LogP contribution in [0.25, 0.3) is 0 Å². The Morgan fingerprint density at radius 3 is 2.63 bits per heavy atom. The molecule has 5 atom stereocenters. The van der Waals surface area contributed by atoms with E-state index in [1.807, 2.05) is 6.92 Å². The third-order valence-corrected chi connectivity index (χ3v) is 5.53. The molecule has 0 N–H and O–H groups in total. The van der Waals surface area contributed by atoms with Crippen molar-refractivity contribution in [2.24, 2.45) is 17.8 Å². The first kappa shape index (κ1) is 15.2. The van der Waals surface area contributed by atoms with Gasteiger partial charge in [0.05, 0.1) is 6.10 Å². The van der Waals surface area contributed by atoms with E-state index in [2.05, 4.69) is 20.8 Å². The second kappa shape index (κ2) is 6.49. The van der Waals surface area contributed by atoms with E-state index in [1.54, 1.807) is 11.8 Å². The number of esters is 1. The smallest absolute Gasteiger partial charge is 0.346 e. The summed E-state index contributed by atoms with van der Waals surface area (Å²) < 4.78 is 11.4. The molecular formula is C15H26O3S. The van der Waals surface area contributed by atoms with Crippen LogP contribution in [0.15, 0.2) is 0 Å². The lowest BCUT2D eigenvalue weighted by molar-refractivity contribution is -0.164. The molecule has 0 bridgehead atoms. The minimum atomic E-state index is -0.403. The third-order valence-electron chi connectivity index (χ3n) is 4.26. The van der Waals surface area contributed by atoms with E-state index >= 15 is 0 Å².